The van der Waals surface area contributed by atoms with E-state index in [4.69, 9.17) is 0 Å². The van der Waals surface area contributed by atoms with E-state index in [1.54, 1.807) is 24.5 Å². The number of pyridine rings is 1. The lowest BCUT2D eigenvalue weighted by atomic mass is 9.87. The van der Waals surface area contributed by atoms with Crippen molar-refractivity contribution in [3.8, 4) is 0 Å². The van der Waals surface area contributed by atoms with Crippen molar-refractivity contribution in [3.05, 3.63) is 66.0 Å². The molecule has 2 heterocycles. The number of nitrogens with zero attached hydrogens (tertiary/aromatic N) is 2. The number of rotatable bonds is 4. The second-order valence-electron chi connectivity index (χ2n) is 5.66. The molecule has 1 saturated heterocycles. The van der Waals surface area contributed by atoms with Crippen LogP contribution >= 0.6 is 0 Å². The fourth-order valence-corrected chi connectivity index (χ4v) is 3.03. The van der Waals surface area contributed by atoms with Gasteiger partial charge < -0.3 is 5.11 Å². The van der Waals surface area contributed by atoms with Crippen LogP contribution in [0.3, 0.4) is 0 Å². The molecule has 4 nitrogen and oxygen atoms in total. The molecule has 5 heteroatoms. The molecule has 1 aliphatic heterocycles. The van der Waals surface area contributed by atoms with Gasteiger partial charge in [-0.05, 0) is 17.2 Å². The normalized spacial score (nSPS) is 25.2. The van der Waals surface area contributed by atoms with E-state index in [-0.39, 0.29) is 6.54 Å². The fraction of sp³-hybridized carbons (Fsp3) is 0.294. The molecular formula is C17H17FN2O2. The first-order valence-corrected chi connectivity index (χ1v) is 7.18. The van der Waals surface area contributed by atoms with Crippen LogP contribution in [0.1, 0.15) is 17.0 Å². The van der Waals surface area contributed by atoms with Crippen LogP contribution in [0.2, 0.25) is 0 Å². The lowest BCUT2D eigenvalue weighted by Crippen LogP contribution is -2.40. The summed E-state index contributed by atoms with van der Waals surface area (Å²) in [6, 6.07) is 13.1. The van der Waals surface area contributed by atoms with E-state index >= 15 is 4.39 Å². The number of alkyl halides is 1. The quantitative estimate of drug-likeness (QED) is 0.942. The number of aliphatic carboxylic acids is 1. The number of benzene rings is 1. The molecule has 2 atom stereocenters. The Hall–Kier alpha value is -2.27. The van der Waals surface area contributed by atoms with Crippen molar-refractivity contribution in [3.63, 3.8) is 0 Å². The largest absolute Gasteiger partial charge is 0.479 e. The Balaban J connectivity index is 1.85. The van der Waals surface area contributed by atoms with Crippen LogP contribution in [0.15, 0.2) is 54.9 Å². The van der Waals surface area contributed by atoms with Gasteiger partial charge in [0.05, 0.1) is 0 Å². The zero-order valence-electron chi connectivity index (χ0n) is 12.0. The number of aromatic nitrogens is 1. The third kappa shape index (κ3) is 2.72. The molecule has 0 unspecified atom stereocenters. The van der Waals surface area contributed by atoms with E-state index in [0.717, 1.165) is 5.56 Å². The van der Waals surface area contributed by atoms with Crippen LogP contribution in [0, 0.1) is 0 Å². The summed E-state index contributed by atoms with van der Waals surface area (Å²) in [5.74, 6) is -2.11. The molecule has 0 radical (unpaired) electrons. The Morgan fingerprint density at radius 1 is 1.32 bits per heavy atom. The van der Waals surface area contributed by atoms with Crippen molar-refractivity contribution in [2.24, 2.45) is 0 Å². The summed E-state index contributed by atoms with van der Waals surface area (Å²) in [5.41, 5.74) is -0.609. The van der Waals surface area contributed by atoms with E-state index in [9.17, 15) is 9.90 Å². The molecule has 1 N–H and O–H groups in total. The van der Waals surface area contributed by atoms with Gasteiger partial charge in [-0.1, -0.05) is 36.4 Å². The minimum atomic E-state index is -2.28. The molecule has 3 rings (SSSR count). The number of carbonyl (C=O) groups is 1. The number of halogens is 1. The van der Waals surface area contributed by atoms with E-state index < -0.39 is 17.6 Å². The second kappa shape index (κ2) is 5.85. The molecule has 1 fully saturated rings. The topological polar surface area (TPSA) is 53.4 Å². The van der Waals surface area contributed by atoms with Crippen molar-refractivity contribution in [1.82, 2.24) is 9.88 Å². The van der Waals surface area contributed by atoms with Crippen molar-refractivity contribution in [1.29, 1.82) is 0 Å². The second-order valence-corrected chi connectivity index (χ2v) is 5.66. The average molecular weight is 300 g/mol. The number of carboxylic acid groups (broad SMARTS) is 1. The highest BCUT2D eigenvalue weighted by Crippen LogP contribution is 2.39. The molecule has 0 aliphatic carbocycles. The van der Waals surface area contributed by atoms with E-state index in [0.29, 0.717) is 18.7 Å². The molecule has 114 valence electrons. The van der Waals surface area contributed by atoms with Crippen LogP contribution < -0.4 is 0 Å². The van der Waals surface area contributed by atoms with Gasteiger partial charge in [0.25, 0.3) is 0 Å². The summed E-state index contributed by atoms with van der Waals surface area (Å²) < 4.78 is 15.1. The monoisotopic (exact) mass is 300 g/mol. The maximum atomic E-state index is 15.1. The maximum absolute atomic E-state index is 15.1. The lowest BCUT2D eigenvalue weighted by molar-refractivity contribution is -0.150. The number of hydrogen-bond donors (Lipinski definition) is 1. The standard InChI is InChI=1S/C17H17FN2O2/c18-17(16(21)22)12-20(10-13-5-2-1-3-6-13)11-15(17)14-7-4-8-19-9-14/h1-9,15H,10-12H2,(H,21,22)/t15-,17-/m1/s1. The van der Waals surface area contributed by atoms with Crippen LogP contribution in [0.4, 0.5) is 4.39 Å². The van der Waals surface area contributed by atoms with Crippen LogP contribution in [-0.2, 0) is 11.3 Å². The molecule has 22 heavy (non-hydrogen) atoms. The highest BCUT2D eigenvalue weighted by molar-refractivity contribution is 5.80. The zero-order chi connectivity index (χ0) is 15.6. The van der Waals surface area contributed by atoms with Gasteiger partial charge in [-0.3, -0.25) is 9.88 Å². The third-order valence-electron chi connectivity index (χ3n) is 4.14. The molecule has 0 saturated carbocycles. The van der Waals surface area contributed by atoms with Gasteiger partial charge >= 0.3 is 5.97 Å². The van der Waals surface area contributed by atoms with Crippen LogP contribution in [0.5, 0.6) is 0 Å². The van der Waals surface area contributed by atoms with Gasteiger partial charge in [0.1, 0.15) is 0 Å². The fourth-order valence-electron chi connectivity index (χ4n) is 3.03. The Labute approximate surface area is 128 Å². The molecule has 0 amide bonds. The maximum Gasteiger partial charge on any atom is 0.343 e. The van der Waals surface area contributed by atoms with Crippen molar-refractivity contribution < 1.29 is 14.3 Å². The van der Waals surface area contributed by atoms with Crippen LogP contribution in [0.25, 0.3) is 0 Å². The van der Waals surface area contributed by atoms with Gasteiger partial charge in [0.2, 0.25) is 5.67 Å². The Kier molecular flexibility index (Phi) is 3.90. The highest BCUT2D eigenvalue weighted by atomic mass is 19.1. The number of carboxylic acids is 1. The predicted molar refractivity (Wildman–Crippen MR) is 80.2 cm³/mol. The van der Waals surface area contributed by atoms with Crippen LogP contribution in [-0.4, -0.2) is 39.7 Å². The van der Waals surface area contributed by atoms with E-state index in [1.807, 2.05) is 35.2 Å². The lowest BCUT2D eigenvalue weighted by Gasteiger charge is -2.21. The summed E-state index contributed by atoms with van der Waals surface area (Å²) in [6.07, 6.45) is 3.15. The Bertz CT molecular complexity index is 650. The summed E-state index contributed by atoms with van der Waals surface area (Å²) in [5, 5.41) is 9.37. The molecule has 1 aromatic heterocycles. The van der Waals surface area contributed by atoms with Gasteiger partial charge in [-0.15, -0.1) is 0 Å². The van der Waals surface area contributed by atoms with E-state index in [2.05, 4.69) is 4.98 Å². The van der Waals surface area contributed by atoms with Crippen molar-refractivity contribution in [2.45, 2.75) is 18.1 Å². The third-order valence-corrected chi connectivity index (χ3v) is 4.14. The van der Waals surface area contributed by atoms with Gasteiger partial charge in [0.15, 0.2) is 0 Å². The SMILES string of the molecule is O=C(O)[C@@]1(F)CN(Cc2ccccc2)C[C@@H]1c1cccnc1. The highest BCUT2D eigenvalue weighted by Gasteiger charge is 2.54. The summed E-state index contributed by atoms with van der Waals surface area (Å²) in [7, 11) is 0. The predicted octanol–water partition coefficient (Wildman–Crippen LogP) is 2.47. The first kappa shape index (κ1) is 14.7. The van der Waals surface area contributed by atoms with Crippen molar-refractivity contribution in [2.75, 3.05) is 13.1 Å². The molecule has 2 aromatic rings. The molecule has 1 aliphatic rings. The average Bonchev–Trinajstić information content (AvgIpc) is 2.87. The minimum absolute atomic E-state index is 0.114. The molecular weight excluding hydrogens is 283 g/mol. The van der Waals surface area contributed by atoms with E-state index in [1.165, 1.54) is 0 Å². The Morgan fingerprint density at radius 2 is 2.09 bits per heavy atom. The summed E-state index contributed by atoms with van der Waals surface area (Å²) in [4.78, 5) is 17.3. The van der Waals surface area contributed by atoms with Gasteiger partial charge in [-0.2, -0.15) is 0 Å². The van der Waals surface area contributed by atoms with Crippen molar-refractivity contribution >= 4 is 5.97 Å². The molecule has 0 bridgehead atoms. The smallest absolute Gasteiger partial charge is 0.343 e. The first-order valence-electron chi connectivity index (χ1n) is 7.18. The first-order chi connectivity index (χ1) is 10.6. The molecule has 1 aromatic carbocycles. The summed E-state index contributed by atoms with van der Waals surface area (Å²) in [6.45, 7) is 0.788. The number of likely N-dealkylation sites (tertiary alicyclic amines) is 1. The van der Waals surface area contributed by atoms with Gasteiger partial charge in [0, 0.05) is 37.9 Å². The minimum Gasteiger partial charge on any atom is -0.479 e. The molecule has 0 spiro atoms. The Morgan fingerprint density at radius 3 is 2.73 bits per heavy atom. The number of hydrogen-bond acceptors (Lipinski definition) is 3. The van der Waals surface area contributed by atoms with Gasteiger partial charge in [-0.25, -0.2) is 9.18 Å². The summed E-state index contributed by atoms with van der Waals surface area (Å²) >= 11 is 0. The zero-order valence-corrected chi connectivity index (χ0v) is 12.0.